The summed E-state index contributed by atoms with van der Waals surface area (Å²) in [7, 11) is 0. The minimum absolute atomic E-state index is 0.230. The molecule has 23 heavy (non-hydrogen) atoms. The molecule has 0 saturated heterocycles. The van der Waals surface area contributed by atoms with Gasteiger partial charge in [-0.2, -0.15) is 0 Å². The molecule has 0 radical (unpaired) electrons. The number of carboxylic acids is 1. The van der Waals surface area contributed by atoms with Gasteiger partial charge in [0.25, 0.3) is 5.56 Å². The summed E-state index contributed by atoms with van der Waals surface area (Å²) < 4.78 is 1.45. The normalized spacial score (nSPS) is 18.5. The van der Waals surface area contributed by atoms with Crippen LogP contribution in [0.4, 0.5) is 5.69 Å². The Kier molecular flexibility index (Phi) is 3.97. The van der Waals surface area contributed by atoms with Gasteiger partial charge < -0.3 is 10.4 Å². The number of anilines is 1. The molecule has 2 aromatic rings. The smallest absolute Gasteiger partial charge is 0.342 e. The van der Waals surface area contributed by atoms with Crippen molar-refractivity contribution in [2.24, 2.45) is 5.92 Å². The summed E-state index contributed by atoms with van der Waals surface area (Å²) in [6.45, 7) is 2.55. The number of fused-ring (bicyclic) bond motifs is 1. The predicted octanol–water partition coefficient (Wildman–Crippen LogP) is 2.43. The van der Waals surface area contributed by atoms with Crippen LogP contribution < -0.4 is 10.9 Å². The number of carboxylic acid groups (broad SMARTS) is 1. The zero-order valence-electron chi connectivity index (χ0n) is 12.7. The van der Waals surface area contributed by atoms with Crippen molar-refractivity contribution < 1.29 is 9.90 Å². The maximum Gasteiger partial charge on any atom is 0.342 e. The van der Waals surface area contributed by atoms with E-state index in [2.05, 4.69) is 17.2 Å². The van der Waals surface area contributed by atoms with Crippen LogP contribution in [0.15, 0.2) is 47.5 Å². The highest BCUT2D eigenvalue weighted by Gasteiger charge is 2.25. The van der Waals surface area contributed by atoms with Crippen LogP contribution >= 0.6 is 0 Å². The fourth-order valence-electron chi connectivity index (χ4n) is 2.68. The third-order valence-corrected chi connectivity index (χ3v) is 4.02. The molecule has 1 unspecified atom stereocenters. The van der Waals surface area contributed by atoms with Crippen molar-refractivity contribution in [1.82, 2.24) is 9.55 Å². The van der Waals surface area contributed by atoms with Gasteiger partial charge >= 0.3 is 5.97 Å². The highest BCUT2D eigenvalue weighted by Crippen LogP contribution is 2.29. The summed E-state index contributed by atoms with van der Waals surface area (Å²) in [6, 6.07) is 9.69. The molecule has 0 amide bonds. The zero-order chi connectivity index (χ0) is 16.4. The second-order valence-corrected chi connectivity index (χ2v) is 5.56. The number of nitrogens with zero attached hydrogens (tertiary/aromatic N) is 2. The molecule has 0 saturated carbocycles. The molecule has 1 aliphatic heterocycles. The molecule has 0 spiro atoms. The summed E-state index contributed by atoms with van der Waals surface area (Å²) in [5.74, 6) is -0.486. The van der Waals surface area contributed by atoms with Crippen molar-refractivity contribution in [3.8, 4) is 0 Å². The van der Waals surface area contributed by atoms with E-state index in [9.17, 15) is 9.59 Å². The van der Waals surface area contributed by atoms with E-state index >= 15 is 0 Å². The summed E-state index contributed by atoms with van der Waals surface area (Å²) in [6.07, 6.45) is 3.75. The predicted molar refractivity (Wildman–Crippen MR) is 87.3 cm³/mol. The van der Waals surface area contributed by atoms with E-state index < -0.39 is 11.5 Å². The van der Waals surface area contributed by atoms with Gasteiger partial charge in [0.05, 0.1) is 0 Å². The molecule has 3 rings (SSSR count). The second-order valence-electron chi connectivity index (χ2n) is 5.56. The molecule has 0 bridgehead atoms. The van der Waals surface area contributed by atoms with Crippen molar-refractivity contribution >= 4 is 17.2 Å². The van der Waals surface area contributed by atoms with Crippen LogP contribution in [0.2, 0.25) is 0 Å². The summed E-state index contributed by atoms with van der Waals surface area (Å²) in [5, 5.41) is 12.3. The van der Waals surface area contributed by atoms with Crippen molar-refractivity contribution in [1.29, 1.82) is 0 Å². The van der Waals surface area contributed by atoms with E-state index in [1.807, 2.05) is 36.5 Å². The van der Waals surface area contributed by atoms with Gasteiger partial charge in [-0.3, -0.25) is 9.36 Å². The molecule has 2 heterocycles. The lowest BCUT2D eigenvalue weighted by Gasteiger charge is -2.25. The number of aromatic carboxylic acids is 1. The number of aromatic nitrogens is 2. The Morgan fingerprint density at radius 2 is 2.13 bits per heavy atom. The summed E-state index contributed by atoms with van der Waals surface area (Å²) in [4.78, 5) is 27.6. The number of hydrogen-bond acceptors (Lipinski definition) is 4. The molecule has 1 aliphatic rings. The number of rotatable bonds is 3. The van der Waals surface area contributed by atoms with Crippen molar-refractivity contribution in [2.75, 3.05) is 5.32 Å². The standard InChI is InChI=1S/C17H17N3O3/c1-11-7-8-20-15(19-10-14(16(20)21)17(22)23)13(11)9-18-12-5-3-2-4-6-12/h2-6,9-11,18H,7-8H2,1H3,(H,22,23). The third-order valence-electron chi connectivity index (χ3n) is 4.02. The monoisotopic (exact) mass is 311 g/mol. The number of allylic oxidation sites excluding steroid dienone is 1. The lowest BCUT2D eigenvalue weighted by Crippen LogP contribution is -2.33. The number of benzene rings is 1. The maximum atomic E-state index is 12.3. The van der Waals surface area contributed by atoms with Crippen molar-refractivity contribution in [3.63, 3.8) is 0 Å². The average molecular weight is 311 g/mol. The van der Waals surface area contributed by atoms with E-state index in [0.717, 1.165) is 23.9 Å². The van der Waals surface area contributed by atoms with E-state index in [1.54, 1.807) is 0 Å². The number of carbonyl (C=O) groups is 1. The first-order chi connectivity index (χ1) is 11.1. The molecule has 6 heteroatoms. The first kappa shape index (κ1) is 15.0. The van der Waals surface area contributed by atoms with Gasteiger partial charge in [-0.1, -0.05) is 25.1 Å². The largest absolute Gasteiger partial charge is 0.477 e. The van der Waals surface area contributed by atoms with Crippen LogP contribution in [0.1, 0.15) is 29.5 Å². The first-order valence-electron chi connectivity index (χ1n) is 7.43. The lowest BCUT2D eigenvalue weighted by atomic mass is 9.94. The van der Waals surface area contributed by atoms with Gasteiger partial charge in [0.15, 0.2) is 0 Å². The number of nitrogens with one attached hydrogen (secondary N) is 1. The van der Waals surface area contributed by atoms with Gasteiger partial charge in [0.1, 0.15) is 11.4 Å². The fourth-order valence-corrected chi connectivity index (χ4v) is 2.68. The lowest BCUT2D eigenvalue weighted by molar-refractivity contribution is 0.0693. The molecule has 2 N–H and O–H groups in total. The molecular formula is C17H17N3O3. The van der Waals surface area contributed by atoms with Gasteiger partial charge in [0.2, 0.25) is 0 Å². The zero-order valence-corrected chi connectivity index (χ0v) is 12.7. The Labute approximate surface area is 133 Å². The van der Waals surface area contributed by atoms with E-state index in [1.165, 1.54) is 4.57 Å². The molecule has 0 fully saturated rings. The van der Waals surface area contributed by atoms with Gasteiger partial charge in [0, 0.05) is 30.2 Å². The molecule has 0 aliphatic carbocycles. The third kappa shape index (κ3) is 2.88. The minimum Gasteiger partial charge on any atom is -0.477 e. The Hall–Kier alpha value is -2.89. The van der Waals surface area contributed by atoms with E-state index in [-0.39, 0.29) is 11.5 Å². The second kappa shape index (κ2) is 6.08. The van der Waals surface area contributed by atoms with Crippen LogP contribution in [0, 0.1) is 5.92 Å². The van der Waals surface area contributed by atoms with Crippen molar-refractivity contribution in [3.05, 3.63) is 64.5 Å². The molecule has 1 atom stereocenters. The van der Waals surface area contributed by atoms with Gasteiger partial charge in [-0.05, 0) is 24.5 Å². The van der Waals surface area contributed by atoms with Crippen LogP contribution in [0.25, 0.3) is 5.57 Å². The van der Waals surface area contributed by atoms with E-state index in [4.69, 9.17) is 5.11 Å². The van der Waals surface area contributed by atoms with Crippen LogP contribution in [-0.4, -0.2) is 20.6 Å². The molecule has 1 aromatic heterocycles. The van der Waals surface area contributed by atoms with Crippen molar-refractivity contribution in [2.45, 2.75) is 19.9 Å². The molecule has 118 valence electrons. The average Bonchev–Trinajstić information content (AvgIpc) is 2.55. The summed E-state index contributed by atoms with van der Waals surface area (Å²) >= 11 is 0. The molecule has 6 nitrogen and oxygen atoms in total. The van der Waals surface area contributed by atoms with Gasteiger partial charge in [-0.15, -0.1) is 0 Å². The SMILES string of the molecule is CC1CCn2c(ncc(C(=O)O)c2=O)C1=CNc1ccccc1. The van der Waals surface area contributed by atoms with Crippen LogP contribution in [0.3, 0.4) is 0 Å². The highest BCUT2D eigenvalue weighted by atomic mass is 16.4. The Balaban J connectivity index is 2.02. The van der Waals surface area contributed by atoms with Gasteiger partial charge in [-0.25, -0.2) is 9.78 Å². The van der Waals surface area contributed by atoms with E-state index in [0.29, 0.717) is 12.4 Å². The summed E-state index contributed by atoms with van der Waals surface area (Å²) in [5.41, 5.74) is 1.04. The van der Waals surface area contributed by atoms with Crippen LogP contribution in [0.5, 0.6) is 0 Å². The Morgan fingerprint density at radius 3 is 2.83 bits per heavy atom. The maximum absolute atomic E-state index is 12.3. The first-order valence-corrected chi connectivity index (χ1v) is 7.43. The number of para-hydroxylation sites is 1. The van der Waals surface area contributed by atoms with Crippen LogP contribution in [-0.2, 0) is 6.54 Å². The quantitative estimate of drug-likeness (QED) is 0.909. The fraction of sp³-hybridized carbons (Fsp3) is 0.235. The highest BCUT2D eigenvalue weighted by molar-refractivity contribution is 5.87. The number of hydrogen-bond donors (Lipinski definition) is 2. The Morgan fingerprint density at radius 1 is 1.39 bits per heavy atom. The Bertz CT molecular complexity index is 825. The molecular weight excluding hydrogens is 294 g/mol. The topological polar surface area (TPSA) is 84.2 Å². The molecule has 1 aromatic carbocycles. The minimum atomic E-state index is -1.25.